The van der Waals surface area contributed by atoms with Gasteiger partial charge in [0, 0.05) is 0 Å². The Bertz CT molecular complexity index is 2590. The molecule has 0 heteroatoms. The monoisotopic (exact) mass is 636 g/mol. The smallest absolute Gasteiger partial charge is 0.00992 e. The lowest BCUT2D eigenvalue weighted by molar-refractivity contribution is 1.59. The van der Waals surface area contributed by atoms with Crippen molar-refractivity contribution in [2.45, 2.75) is 0 Å². The van der Waals surface area contributed by atoms with Crippen LogP contribution in [0.3, 0.4) is 0 Å². The van der Waals surface area contributed by atoms with E-state index in [9.17, 15) is 0 Å². The van der Waals surface area contributed by atoms with Crippen LogP contribution in [0.2, 0.25) is 0 Å². The van der Waals surface area contributed by atoms with E-state index in [1.165, 1.54) is 43.8 Å². The summed E-state index contributed by atoms with van der Waals surface area (Å²) in [4.78, 5) is 0. The first-order valence-electron chi connectivity index (χ1n) is 17.1. The van der Waals surface area contributed by atoms with Gasteiger partial charge >= 0.3 is 0 Å². The van der Waals surface area contributed by atoms with Crippen LogP contribution in [0, 0.1) is 0 Å². The molecule has 50 heavy (non-hydrogen) atoms. The predicted molar refractivity (Wildman–Crippen MR) is 217 cm³/mol. The standard InChI is InChI=1S/C50H36/c1-36(26-27-37-16-6-4-7-17-37)45-21-10-2-3-11-22-47(49-25-15-14-24-48(45)49)44-33-42(38-18-8-5-9-19-38)32-43(34-44)41-31-30-40-29-28-39-20-12-13-23-46(39)50(40)35-41/h2-35H,1H2/b3-2?,10-2?,11-3?,21-10?,22-11?,27-26-,45-21?,47-22?,48-45?,49-47?. The van der Waals surface area contributed by atoms with E-state index in [0.717, 1.165) is 38.6 Å². The molecule has 0 aliphatic heterocycles. The lowest BCUT2D eigenvalue weighted by Crippen LogP contribution is -1.88. The first-order chi connectivity index (χ1) is 24.7. The number of hydrogen-bond acceptors (Lipinski definition) is 0. The topological polar surface area (TPSA) is 0 Å². The summed E-state index contributed by atoms with van der Waals surface area (Å²) in [5.74, 6) is 0. The minimum absolute atomic E-state index is 0.956. The summed E-state index contributed by atoms with van der Waals surface area (Å²) in [6, 6.07) is 69.6. The number of fused-ring (bicyclic) bond motifs is 4. The van der Waals surface area contributed by atoms with Crippen molar-refractivity contribution in [1.82, 2.24) is 0 Å². The Hall–Kier alpha value is -6.50. The van der Waals surface area contributed by atoms with Gasteiger partial charge in [0.15, 0.2) is 0 Å². The van der Waals surface area contributed by atoms with Crippen LogP contribution >= 0.6 is 0 Å². The van der Waals surface area contributed by atoms with Crippen LogP contribution in [0.1, 0.15) is 11.1 Å². The Kier molecular flexibility index (Phi) is 8.58. The Labute approximate surface area is 294 Å². The third kappa shape index (κ3) is 6.35. The molecule has 0 atom stereocenters. The summed E-state index contributed by atoms with van der Waals surface area (Å²) in [6.07, 6.45) is 4.25. The zero-order valence-corrected chi connectivity index (χ0v) is 27.8. The van der Waals surface area contributed by atoms with Crippen molar-refractivity contribution in [2.24, 2.45) is 0 Å². The highest BCUT2D eigenvalue weighted by molar-refractivity contribution is 6.09. The van der Waals surface area contributed by atoms with Crippen molar-refractivity contribution >= 4 is 44.0 Å². The maximum absolute atomic E-state index is 4.54. The molecule has 0 nitrogen and oxygen atoms in total. The lowest BCUT2D eigenvalue weighted by atomic mass is 9.90. The minimum Gasteiger partial charge on any atom is -0.0911 e. The van der Waals surface area contributed by atoms with Gasteiger partial charge in [0.1, 0.15) is 0 Å². The second-order valence-corrected chi connectivity index (χ2v) is 12.6. The van der Waals surface area contributed by atoms with Gasteiger partial charge in [-0.3, -0.25) is 0 Å². The van der Waals surface area contributed by atoms with Crippen molar-refractivity contribution in [1.29, 1.82) is 0 Å². The van der Waals surface area contributed by atoms with Gasteiger partial charge in [-0.25, -0.2) is 0 Å². The summed E-state index contributed by atoms with van der Waals surface area (Å²) in [5, 5.41) is 7.34. The number of hydrogen-bond donors (Lipinski definition) is 0. The second kappa shape index (κ2) is 13.9. The number of allylic oxidation sites excluding steroid dienone is 2. The molecular weight excluding hydrogens is 601 g/mol. The molecule has 0 saturated carbocycles. The van der Waals surface area contributed by atoms with Gasteiger partial charge in [0.2, 0.25) is 0 Å². The Morgan fingerprint density at radius 2 is 0.900 bits per heavy atom. The predicted octanol–water partition coefficient (Wildman–Crippen LogP) is 14.0. The van der Waals surface area contributed by atoms with E-state index in [0.29, 0.717) is 0 Å². The van der Waals surface area contributed by atoms with Crippen LogP contribution < -0.4 is 0 Å². The number of benzene rings is 7. The van der Waals surface area contributed by atoms with Crippen LogP contribution in [0.4, 0.5) is 0 Å². The second-order valence-electron chi connectivity index (χ2n) is 12.6. The molecule has 8 aromatic rings. The Morgan fingerprint density at radius 1 is 0.360 bits per heavy atom. The fourth-order valence-corrected chi connectivity index (χ4v) is 6.88. The van der Waals surface area contributed by atoms with E-state index in [2.05, 4.69) is 207 Å². The van der Waals surface area contributed by atoms with Gasteiger partial charge in [-0.1, -0.05) is 189 Å². The summed E-state index contributed by atoms with van der Waals surface area (Å²) < 4.78 is 0. The summed E-state index contributed by atoms with van der Waals surface area (Å²) in [5.41, 5.74) is 10.3. The van der Waals surface area contributed by atoms with Gasteiger partial charge < -0.3 is 0 Å². The molecule has 236 valence electrons. The fraction of sp³-hybridized carbons (Fsp3) is 0. The quantitative estimate of drug-likeness (QED) is 0.126. The normalized spacial score (nSPS) is 11.2. The van der Waals surface area contributed by atoms with E-state index in [1.54, 1.807) is 0 Å². The zero-order valence-electron chi connectivity index (χ0n) is 27.8. The first kappa shape index (κ1) is 30.8. The first-order valence-corrected chi connectivity index (χ1v) is 17.1. The molecule has 0 saturated heterocycles. The van der Waals surface area contributed by atoms with E-state index in [-0.39, 0.29) is 0 Å². The molecule has 0 unspecified atom stereocenters. The highest BCUT2D eigenvalue weighted by Crippen LogP contribution is 2.38. The van der Waals surface area contributed by atoms with Crippen molar-refractivity contribution in [3.05, 3.63) is 218 Å². The molecule has 0 amide bonds. The van der Waals surface area contributed by atoms with E-state index in [1.807, 2.05) is 6.07 Å². The molecule has 8 rings (SSSR count). The molecule has 8 aromatic carbocycles. The van der Waals surface area contributed by atoms with Gasteiger partial charge in [-0.2, -0.15) is 0 Å². The molecular formula is C50H36. The molecule has 0 bridgehead atoms. The summed E-state index contributed by atoms with van der Waals surface area (Å²) in [7, 11) is 0. The highest BCUT2D eigenvalue weighted by Gasteiger charge is 2.12. The molecule has 0 aliphatic carbocycles. The maximum atomic E-state index is 4.54. The van der Waals surface area contributed by atoms with Crippen LogP contribution in [-0.4, -0.2) is 0 Å². The zero-order chi connectivity index (χ0) is 33.7. The largest absolute Gasteiger partial charge is 0.0911 e. The summed E-state index contributed by atoms with van der Waals surface area (Å²) >= 11 is 0. The SMILES string of the molecule is C=C(/C=C\c1ccccc1)c1ccccccc(-c2cc(-c3ccccc3)cc(-c3ccc4ccc5ccccc5c4c3)c2)c2ccccc12. The maximum Gasteiger partial charge on any atom is -0.00992 e. The molecule has 0 heterocycles. The van der Waals surface area contributed by atoms with Gasteiger partial charge in [-0.15, -0.1) is 0 Å². The van der Waals surface area contributed by atoms with E-state index >= 15 is 0 Å². The summed E-state index contributed by atoms with van der Waals surface area (Å²) in [6.45, 7) is 4.54. The van der Waals surface area contributed by atoms with Crippen LogP contribution in [0.5, 0.6) is 0 Å². The van der Waals surface area contributed by atoms with E-state index < -0.39 is 0 Å². The third-order valence-electron chi connectivity index (χ3n) is 9.42. The molecule has 0 aliphatic rings. The highest BCUT2D eigenvalue weighted by atomic mass is 14.2. The van der Waals surface area contributed by atoms with Crippen LogP contribution in [-0.2, 0) is 0 Å². The molecule has 0 N–H and O–H groups in total. The van der Waals surface area contributed by atoms with Gasteiger partial charge in [0.05, 0.1) is 0 Å². The van der Waals surface area contributed by atoms with E-state index in [4.69, 9.17) is 0 Å². The van der Waals surface area contributed by atoms with Gasteiger partial charge in [0.25, 0.3) is 0 Å². The van der Waals surface area contributed by atoms with Crippen molar-refractivity contribution < 1.29 is 0 Å². The molecule has 0 radical (unpaired) electrons. The number of rotatable bonds is 6. The van der Waals surface area contributed by atoms with Crippen molar-refractivity contribution in [3.8, 4) is 33.4 Å². The molecule has 0 aromatic heterocycles. The fourth-order valence-electron chi connectivity index (χ4n) is 6.88. The lowest BCUT2D eigenvalue weighted by Gasteiger charge is -2.14. The molecule has 0 spiro atoms. The molecule has 0 fully saturated rings. The minimum atomic E-state index is 0.956. The van der Waals surface area contributed by atoms with Crippen LogP contribution in [0.25, 0.3) is 77.3 Å². The van der Waals surface area contributed by atoms with Gasteiger partial charge in [-0.05, 0) is 107 Å². The Balaban J connectivity index is 1.36. The average molecular weight is 637 g/mol. The van der Waals surface area contributed by atoms with Crippen molar-refractivity contribution in [2.75, 3.05) is 0 Å². The third-order valence-corrected chi connectivity index (χ3v) is 9.42. The average Bonchev–Trinajstić information content (AvgIpc) is 3.18. The Morgan fingerprint density at radius 3 is 1.68 bits per heavy atom. The van der Waals surface area contributed by atoms with Crippen molar-refractivity contribution in [3.63, 3.8) is 0 Å². The van der Waals surface area contributed by atoms with Crippen LogP contribution in [0.15, 0.2) is 207 Å².